The van der Waals surface area contributed by atoms with Crippen molar-refractivity contribution in [2.24, 2.45) is 0 Å². The number of aromatic nitrogens is 3. The summed E-state index contributed by atoms with van der Waals surface area (Å²) in [7, 11) is 1.67. The molecule has 8 heteroatoms. The molecule has 2 heterocycles. The van der Waals surface area contributed by atoms with Gasteiger partial charge in [-0.1, -0.05) is 0 Å². The maximum Gasteiger partial charge on any atom is 0.252 e. The fourth-order valence-electron chi connectivity index (χ4n) is 1.86. The van der Waals surface area contributed by atoms with Crippen molar-refractivity contribution in [3.63, 3.8) is 0 Å². The molecule has 2 aromatic heterocycles. The van der Waals surface area contributed by atoms with E-state index in [0.717, 1.165) is 0 Å². The lowest BCUT2D eigenvalue weighted by molar-refractivity contribution is -0.129. The summed E-state index contributed by atoms with van der Waals surface area (Å²) in [4.78, 5) is 37.3. The van der Waals surface area contributed by atoms with Gasteiger partial charge in [-0.15, -0.1) is 0 Å². The van der Waals surface area contributed by atoms with E-state index in [2.05, 4.69) is 20.3 Å². The van der Waals surface area contributed by atoms with E-state index in [1.165, 1.54) is 17.3 Å². The number of amides is 2. The Bertz CT molecular complexity index is 677. The average Bonchev–Trinajstić information content (AvgIpc) is 2.55. The fourth-order valence-corrected chi connectivity index (χ4v) is 1.86. The zero-order valence-electron chi connectivity index (χ0n) is 12.8. The van der Waals surface area contributed by atoms with Crippen LogP contribution in [-0.4, -0.2) is 51.8 Å². The van der Waals surface area contributed by atoms with E-state index in [4.69, 9.17) is 5.73 Å². The predicted molar refractivity (Wildman–Crippen MR) is 84.4 cm³/mol. The first kappa shape index (κ1) is 16.3. The van der Waals surface area contributed by atoms with Crippen molar-refractivity contribution in [3.05, 3.63) is 48.3 Å². The number of carbonyl (C=O) groups is 2. The van der Waals surface area contributed by atoms with Gasteiger partial charge in [-0.3, -0.25) is 24.5 Å². The Morgan fingerprint density at radius 3 is 2.74 bits per heavy atom. The standard InChI is InChI=1S/C15H18N6O2/c1-21(14(22)7-13-10-17-2-3-19-13)5-4-20-15(23)11-6-12(16)9-18-8-11/h2-3,6,8-10H,4-5,7,16H2,1H3,(H,20,23). The maximum absolute atomic E-state index is 12.0. The Morgan fingerprint density at radius 1 is 1.22 bits per heavy atom. The maximum atomic E-state index is 12.0. The van der Waals surface area contributed by atoms with E-state index >= 15 is 0 Å². The average molecular weight is 314 g/mol. The van der Waals surface area contributed by atoms with Crippen molar-refractivity contribution < 1.29 is 9.59 Å². The summed E-state index contributed by atoms with van der Waals surface area (Å²) in [5.41, 5.74) is 7.00. The molecule has 0 saturated carbocycles. The summed E-state index contributed by atoms with van der Waals surface area (Å²) < 4.78 is 0. The van der Waals surface area contributed by atoms with Gasteiger partial charge in [-0.05, 0) is 6.07 Å². The molecule has 0 radical (unpaired) electrons. The van der Waals surface area contributed by atoms with E-state index in [9.17, 15) is 9.59 Å². The second-order valence-corrected chi connectivity index (χ2v) is 4.95. The molecule has 0 spiro atoms. The second-order valence-electron chi connectivity index (χ2n) is 4.95. The predicted octanol–water partition coefficient (Wildman–Crippen LogP) is -0.115. The fraction of sp³-hybridized carbons (Fsp3) is 0.267. The molecule has 2 aromatic rings. The van der Waals surface area contributed by atoms with Gasteiger partial charge in [0.25, 0.3) is 5.91 Å². The summed E-state index contributed by atoms with van der Waals surface area (Å²) in [5, 5.41) is 2.72. The van der Waals surface area contributed by atoms with Crippen LogP contribution < -0.4 is 11.1 Å². The van der Waals surface area contributed by atoms with Crippen molar-refractivity contribution >= 4 is 17.5 Å². The van der Waals surface area contributed by atoms with Crippen molar-refractivity contribution in [1.82, 2.24) is 25.2 Å². The van der Waals surface area contributed by atoms with Crippen LogP contribution in [0.5, 0.6) is 0 Å². The Hall–Kier alpha value is -3.03. The number of nitrogens with one attached hydrogen (secondary N) is 1. The van der Waals surface area contributed by atoms with Crippen molar-refractivity contribution in [2.75, 3.05) is 25.9 Å². The highest BCUT2D eigenvalue weighted by Gasteiger charge is 2.11. The van der Waals surface area contributed by atoms with Crippen LogP contribution in [0, 0.1) is 0 Å². The highest BCUT2D eigenvalue weighted by atomic mass is 16.2. The molecule has 23 heavy (non-hydrogen) atoms. The Morgan fingerprint density at radius 2 is 2.04 bits per heavy atom. The minimum absolute atomic E-state index is 0.0922. The van der Waals surface area contributed by atoms with Gasteiger partial charge in [0.15, 0.2) is 0 Å². The van der Waals surface area contributed by atoms with E-state index < -0.39 is 0 Å². The van der Waals surface area contributed by atoms with Gasteiger partial charge in [0, 0.05) is 51.1 Å². The third-order valence-corrected chi connectivity index (χ3v) is 3.13. The highest BCUT2D eigenvalue weighted by molar-refractivity contribution is 5.94. The summed E-state index contributed by atoms with van der Waals surface area (Å²) in [6.45, 7) is 0.719. The Kier molecular flexibility index (Phi) is 5.56. The van der Waals surface area contributed by atoms with Gasteiger partial charge in [-0.2, -0.15) is 0 Å². The highest BCUT2D eigenvalue weighted by Crippen LogP contribution is 2.03. The van der Waals surface area contributed by atoms with Crippen LogP contribution in [0.2, 0.25) is 0 Å². The quantitative estimate of drug-likeness (QED) is 0.768. The SMILES string of the molecule is CN(CCNC(=O)c1cncc(N)c1)C(=O)Cc1cnccn1. The number of hydrogen-bond acceptors (Lipinski definition) is 6. The summed E-state index contributed by atoms with van der Waals surface area (Å²) >= 11 is 0. The molecule has 3 N–H and O–H groups in total. The van der Waals surface area contributed by atoms with Crippen LogP contribution in [0.1, 0.15) is 16.1 Å². The lowest BCUT2D eigenvalue weighted by Crippen LogP contribution is -2.37. The van der Waals surface area contributed by atoms with Crippen LogP contribution in [0.25, 0.3) is 0 Å². The Labute approximate surface area is 133 Å². The topological polar surface area (TPSA) is 114 Å². The Balaban J connectivity index is 1.77. The third kappa shape index (κ3) is 5.03. The van der Waals surface area contributed by atoms with Gasteiger partial charge in [0.2, 0.25) is 5.91 Å². The number of likely N-dealkylation sites (N-methyl/N-ethyl adjacent to an activating group) is 1. The molecule has 2 rings (SSSR count). The zero-order valence-corrected chi connectivity index (χ0v) is 12.8. The van der Waals surface area contributed by atoms with Crippen LogP contribution in [-0.2, 0) is 11.2 Å². The molecule has 0 atom stereocenters. The molecule has 0 fully saturated rings. The van der Waals surface area contributed by atoms with E-state index in [1.54, 1.807) is 31.7 Å². The molecule has 0 aliphatic rings. The first-order chi connectivity index (χ1) is 11.1. The minimum atomic E-state index is -0.278. The third-order valence-electron chi connectivity index (χ3n) is 3.13. The molecule has 120 valence electrons. The molecule has 0 saturated heterocycles. The number of anilines is 1. The largest absolute Gasteiger partial charge is 0.397 e. The van der Waals surface area contributed by atoms with Crippen LogP contribution in [0.3, 0.4) is 0 Å². The van der Waals surface area contributed by atoms with Gasteiger partial charge in [0.1, 0.15) is 0 Å². The molecular formula is C15H18N6O2. The number of rotatable bonds is 6. The second kappa shape index (κ2) is 7.83. The van der Waals surface area contributed by atoms with Gasteiger partial charge in [0.05, 0.1) is 23.4 Å². The monoisotopic (exact) mass is 314 g/mol. The number of nitrogens with zero attached hydrogens (tertiary/aromatic N) is 4. The van der Waals surface area contributed by atoms with Gasteiger partial charge >= 0.3 is 0 Å². The van der Waals surface area contributed by atoms with Crippen molar-refractivity contribution in [2.45, 2.75) is 6.42 Å². The molecule has 0 unspecified atom stereocenters. The summed E-state index contributed by atoms with van der Waals surface area (Å²) in [5.74, 6) is -0.370. The lowest BCUT2D eigenvalue weighted by atomic mass is 10.2. The molecule has 0 aliphatic heterocycles. The number of hydrogen-bond donors (Lipinski definition) is 2. The van der Waals surface area contributed by atoms with Gasteiger partial charge < -0.3 is 16.0 Å². The van der Waals surface area contributed by atoms with Crippen LogP contribution in [0.15, 0.2) is 37.1 Å². The normalized spacial score (nSPS) is 10.1. The van der Waals surface area contributed by atoms with E-state index in [0.29, 0.717) is 30.0 Å². The lowest BCUT2D eigenvalue weighted by Gasteiger charge is -2.17. The van der Waals surface area contributed by atoms with Crippen molar-refractivity contribution in [3.8, 4) is 0 Å². The summed E-state index contributed by atoms with van der Waals surface area (Å²) in [6.07, 6.45) is 7.74. The van der Waals surface area contributed by atoms with Gasteiger partial charge in [-0.25, -0.2) is 0 Å². The first-order valence-electron chi connectivity index (χ1n) is 7.04. The molecule has 8 nitrogen and oxygen atoms in total. The number of carbonyl (C=O) groups excluding carboxylic acids is 2. The van der Waals surface area contributed by atoms with Crippen molar-refractivity contribution in [1.29, 1.82) is 0 Å². The number of nitrogen functional groups attached to an aromatic ring is 1. The summed E-state index contributed by atoms with van der Waals surface area (Å²) in [6, 6.07) is 1.55. The van der Waals surface area contributed by atoms with E-state index in [1.807, 2.05) is 0 Å². The zero-order chi connectivity index (χ0) is 16.7. The smallest absolute Gasteiger partial charge is 0.252 e. The molecule has 0 bridgehead atoms. The van der Waals surface area contributed by atoms with E-state index in [-0.39, 0.29) is 18.2 Å². The van der Waals surface area contributed by atoms with Crippen LogP contribution >= 0.6 is 0 Å². The number of pyridine rings is 1. The molecular weight excluding hydrogens is 296 g/mol. The minimum Gasteiger partial charge on any atom is -0.397 e. The number of nitrogens with two attached hydrogens (primary N) is 1. The molecule has 2 amide bonds. The molecule has 0 aromatic carbocycles. The molecule has 0 aliphatic carbocycles. The van der Waals surface area contributed by atoms with Crippen LogP contribution in [0.4, 0.5) is 5.69 Å². The first-order valence-corrected chi connectivity index (χ1v) is 7.04.